The maximum absolute atomic E-state index is 10.3. The van der Waals surface area contributed by atoms with Crippen molar-refractivity contribution in [3.63, 3.8) is 0 Å². The zero-order chi connectivity index (χ0) is 11.6. The normalized spacial score (nSPS) is 11.1. The van der Waals surface area contributed by atoms with E-state index in [0.717, 1.165) is 0 Å². The number of aldehydes is 1. The number of carbonyl (C=O) groups is 1. The number of allylic oxidation sites excluding steroid dienone is 3. The van der Waals surface area contributed by atoms with Crippen molar-refractivity contribution in [2.75, 3.05) is 0 Å². The molecule has 80 valence electrons. The first-order valence-corrected chi connectivity index (χ1v) is 4.86. The minimum Gasteiger partial charge on any atom is -0.387 e. The van der Waals surface area contributed by atoms with E-state index >= 15 is 0 Å². The van der Waals surface area contributed by atoms with Crippen LogP contribution in [0.25, 0.3) is 0 Å². The summed E-state index contributed by atoms with van der Waals surface area (Å²) in [7, 11) is 0. The molecule has 0 aromatic heterocycles. The van der Waals surface area contributed by atoms with Crippen LogP contribution < -0.4 is 5.32 Å². The highest BCUT2D eigenvalue weighted by molar-refractivity contribution is 5.79. The molecule has 1 N–H and O–H groups in total. The van der Waals surface area contributed by atoms with Crippen LogP contribution in [0.15, 0.2) is 54.3 Å². The third kappa shape index (κ3) is 4.25. The van der Waals surface area contributed by atoms with E-state index in [4.69, 9.17) is 5.26 Å². The summed E-state index contributed by atoms with van der Waals surface area (Å²) in [6.07, 6.45) is 5.33. The molecule has 0 heterocycles. The van der Waals surface area contributed by atoms with E-state index in [1.807, 2.05) is 30.3 Å². The SMILES string of the molecule is N#C/C(C=O)=C\C=C\NCc1ccccc1. The molecule has 0 saturated heterocycles. The predicted molar refractivity (Wildman–Crippen MR) is 62.2 cm³/mol. The topological polar surface area (TPSA) is 52.9 Å². The maximum Gasteiger partial charge on any atom is 0.160 e. The fraction of sp³-hybridized carbons (Fsp3) is 0.0769. The first-order valence-electron chi connectivity index (χ1n) is 4.86. The van der Waals surface area contributed by atoms with Crippen LogP contribution in [-0.4, -0.2) is 6.29 Å². The minimum absolute atomic E-state index is 0.109. The number of nitrogens with one attached hydrogen (secondary N) is 1. The fourth-order valence-electron chi connectivity index (χ4n) is 1.10. The van der Waals surface area contributed by atoms with Gasteiger partial charge in [0.05, 0.1) is 5.57 Å². The van der Waals surface area contributed by atoms with E-state index < -0.39 is 0 Å². The summed E-state index contributed by atoms with van der Waals surface area (Å²) in [5, 5.41) is 11.5. The van der Waals surface area contributed by atoms with Gasteiger partial charge in [0.25, 0.3) is 0 Å². The Labute approximate surface area is 94.7 Å². The molecule has 1 rings (SSSR count). The Morgan fingerprint density at radius 1 is 1.38 bits per heavy atom. The number of nitrogens with zero attached hydrogens (tertiary/aromatic N) is 1. The summed E-state index contributed by atoms with van der Waals surface area (Å²) in [4.78, 5) is 10.3. The van der Waals surface area contributed by atoms with E-state index in [1.165, 1.54) is 11.6 Å². The van der Waals surface area contributed by atoms with Crippen molar-refractivity contribution in [3.05, 3.63) is 59.8 Å². The lowest BCUT2D eigenvalue weighted by atomic mass is 10.2. The molecular weight excluding hydrogens is 200 g/mol. The van der Waals surface area contributed by atoms with Crippen LogP contribution in [0.4, 0.5) is 0 Å². The minimum atomic E-state index is 0.109. The number of hydrogen-bond donors (Lipinski definition) is 1. The number of nitriles is 1. The van der Waals surface area contributed by atoms with Crippen LogP contribution >= 0.6 is 0 Å². The molecule has 1 aromatic rings. The van der Waals surface area contributed by atoms with Gasteiger partial charge in [-0.3, -0.25) is 4.79 Å². The van der Waals surface area contributed by atoms with E-state index in [9.17, 15) is 4.79 Å². The average molecular weight is 212 g/mol. The molecule has 16 heavy (non-hydrogen) atoms. The molecular formula is C13H12N2O. The van der Waals surface area contributed by atoms with Gasteiger partial charge in [0, 0.05) is 6.54 Å². The van der Waals surface area contributed by atoms with Crippen LogP contribution in [0.1, 0.15) is 5.56 Å². The van der Waals surface area contributed by atoms with Gasteiger partial charge in [-0.25, -0.2) is 0 Å². The third-order valence-electron chi connectivity index (χ3n) is 1.89. The highest BCUT2D eigenvalue weighted by Gasteiger charge is 1.87. The quantitative estimate of drug-likeness (QED) is 0.351. The van der Waals surface area contributed by atoms with Crippen molar-refractivity contribution in [3.8, 4) is 6.07 Å². The molecule has 0 aliphatic heterocycles. The van der Waals surface area contributed by atoms with Crippen molar-refractivity contribution in [2.24, 2.45) is 0 Å². The van der Waals surface area contributed by atoms with Gasteiger partial charge in [-0.15, -0.1) is 0 Å². The van der Waals surface area contributed by atoms with Gasteiger partial charge >= 0.3 is 0 Å². The smallest absolute Gasteiger partial charge is 0.160 e. The van der Waals surface area contributed by atoms with Gasteiger partial charge in [-0.05, 0) is 23.9 Å². The molecule has 0 atom stereocenters. The molecule has 0 unspecified atom stereocenters. The van der Waals surface area contributed by atoms with E-state index in [1.54, 1.807) is 18.3 Å². The van der Waals surface area contributed by atoms with Gasteiger partial charge < -0.3 is 5.32 Å². The molecule has 3 heteroatoms. The number of hydrogen-bond acceptors (Lipinski definition) is 3. The van der Waals surface area contributed by atoms with Crippen LogP contribution in [-0.2, 0) is 11.3 Å². The van der Waals surface area contributed by atoms with Crippen molar-refractivity contribution < 1.29 is 4.79 Å². The summed E-state index contributed by atoms with van der Waals surface area (Å²) in [5.74, 6) is 0. The standard InChI is InChI=1S/C13H12N2O/c14-9-13(11-16)7-4-8-15-10-12-5-2-1-3-6-12/h1-8,11,15H,10H2/b8-4+,13-7+. The van der Waals surface area contributed by atoms with Crippen molar-refractivity contribution >= 4 is 6.29 Å². The second kappa shape index (κ2) is 7.02. The van der Waals surface area contributed by atoms with Crippen LogP contribution in [0.5, 0.6) is 0 Å². The predicted octanol–water partition coefficient (Wildman–Crippen LogP) is 1.94. The Morgan fingerprint density at radius 3 is 2.75 bits per heavy atom. The monoisotopic (exact) mass is 212 g/mol. The molecule has 0 radical (unpaired) electrons. The lowest BCUT2D eigenvalue weighted by molar-refractivity contribution is -0.104. The third-order valence-corrected chi connectivity index (χ3v) is 1.89. The fourth-order valence-corrected chi connectivity index (χ4v) is 1.10. The van der Waals surface area contributed by atoms with Gasteiger partial charge in [0.1, 0.15) is 6.07 Å². The van der Waals surface area contributed by atoms with E-state index in [2.05, 4.69) is 5.32 Å². The maximum atomic E-state index is 10.3. The Balaban J connectivity index is 2.37. The Bertz CT molecular complexity index is 427. The number of carbonyl (C=O) groups excluding carboxylic acids is 1. The van der Waals surface area contributed by atoms with E-state index in [-0.39, 0.29) is 5.57 Å². The molecule has 0 aliphatic carbocycles. The molecule has 0 aliphatic rings. The van der Waals surface area contributed by atoms with Gasteiger partial charge in [0.15, 0.2) is 6.29 Å². The zero-order valence-corrected chi connectivity index (χ0v) is 8.76. The lowest BCUT2D eigenvalue weighted by Gasteiger charge is -1.99. The molecule has 0 spiro atoms. The number of benzene rings is 1. The number of rotatable bonds is 5. The summed E-state index contributed by atoms with van der Waals surface area (Å²) in [6, 6.07) is 11.7. The van der Waals surface area contributed by atoms with Crippen molar-refractivity contribution in [1.29, 1.82) is 5.26 Å². The van der Waals surface area contributed by atoms with Crippen LogP contribution in [0.3, 0.4) is 0 Å². The van der Waals surface area contributed by atoms with Crippen molar-refractivity contribution in [2.45, 2.75) is 6.54 Å². The second-order valence-corrected chi connectivity index (χ2v) is 3.08. The molecule has 0 bridgehead atoms. The summed E-state index contributed by atoms with van der Waals surface area (Å²) >= 11 is 0. The second-order valence-electron chi connectivity index (χ2n) is 3.08. The highest BCUT2D eigenvalue weighted by atomic mass is 16.1. The molecule has 0 saturated carbocycles. The van der Waals surface area contributed by atoms with Crippen molar-refractivity contribution in [1.82, 2.24) is 5.32 Å². The van der Waals surface area contributed by atoms with Gasteiger partial charge in [0.2, 0.25) is 0 Å². The van der Waals surface area contributed by atoms with E-state index in [0.29, 0.717) is 12.8 Å². The molecule has 0 fully saturated rings. The molecule has 1 aromatic carbocycles. The first kappa shape index (κ1) is 11.7. The van der Waals surface area contributed by atoms with Gasteiger partial charge in [-0.2, -0.15) is 5.26 Å². The summed E-state index contributed by atoms with van der Waals surface area (Å²) < 4.78 is 0. The summed E-state index contributed by atoms with van der Waals surface area (Å²) in [6.45, 7) is 0.716. The Kier molecular flexibility index (Phi) is 5.15. The largest absolute Gasteiger partial charge is 0.387 e. The van der Waals surface area contributed by atoms with Gasteiger partial charge in [-0.1, -0.05) is 30.3 Å². The highest BCUT2D eigenvalue weighted by Crippen LogP contribution is 1.96. The van der Waals surface area contributed by atoms with Crippen LogP contribution in [0, 0.1) is 11.3 Å². The molecule has 3 nitrogen and oxygen atoms in total. The Morgan fingerprint density at radius 2 is 2.12 bits per heavy atom. The lowest BCUT2D eigenvalue weighted by Crippen LogP contribution is -2.03. The summed E-state index contributed by atoms with van der Waals surface area (Å²) in [5.41, 5.74) is 1.28. The zero-order valence-electron chi connectivity index (χ0n) is 8.76. The first-order chi connectivity index (χ1) is 7.86. The molecule has 0 amide bonds. The average Bonchev–Trinajstić information content (AvgIpc) is 2.35. The van der Waals surface area contributed by atoms with Crippen LogP contribution in [0.2, 0.25) is 0 Å². The Hall–Kier alpha value is -2.34.